The lowest BCUT2D eigenvalue weighted by Gasteiger charge is -2.29. The van der Waals surface area contributed by atoms with Crippen molar-refractivity contribution < 1.29 is 14.3 Å². The normalized spacial score (nSPS) is 16.1. The fourth-order valence-corrected chi connectivity index (χ4v) is 2.40. The Morgan fingerprint density at radius 3 is 2.78 bits per heavy atom. The van der Waals surface area contributed by atoms with Gasteiger partial charge in [0, 0.05) is 32.0 Å². The van der Waals surface area contributed by atoms with Gasteiger partial charge in [0.2, 0.25) is 5.88 Å². The maximum Gasteiger partial charge on any atom is 0.315 e. The summed E-state index contributed by atoms with van der Waals surface area (Å²) in [5.74, 6) is 0.557. The molecule has 2 N–H and O–H groups in total. The first-order chi connectivity index (χ1) is 11.2. The van der Waals surface area contributed by atoms with Crippen molar-refractivity contribution in [3.63, 3.8) is 0 Å². The van der Waals surface area contributed by atoms with Gasteiger partial charge in [-0.2, -0.15) is 0 Å². The summed E-state index contributed by atoms with van der Waals surface area (Å²) in [6.07, 6.45) is 3.70. The second-order valence-corrected chi connectivity index (χ2v) is 5.75. The van der Waals surface area contributed by atoms with E-state index in [4.69, 9.17) is 9.47 Å². The third kappa shape index (κ3) is 6.42. The minimum Gasteiger partial charge on any atom is -0.475 e. The fraction of sp³-hybridized carbons (Fsp3) is 0.625. The molecule has 1 aromatic rings. The van der Waals surface area contributed by atoms with Gasteiger partial charge >= 0.3 is 6.03 Å². The number of ether oxygens (including phenoxy) is 2. The van der Waals surface area contributed by atoms with Crippen LogP contribution in [0.1, 0.15) is 18.4 Å². The van der Waals surface area contributed by atoms with E-state index in [1.807, 2.05) is 6.07 Å². The Balaban J connectivity index is 1.67. The first kappa shape index (κ1) is 17.5. The summed E-state index contributed by atoms with van der Waals surface area (Å²) in [5, 5.41) is 5.88. The fourth-order valence-electron chi connectivity index (χ4n) is 2.40. The summed E-state index contributed by atoms with van der Waals surface area (Å²) in [4.78, 5) is 18.4. The molecule has 1 aliphatic rings. The molecule has 0 aliphatic carbocycles. The van der Waals surface area contributed by atoms with Gasteiger partial charge in [0.05, 0.1) is 6.61 Å². The van der Waals surface area contributed by atoms with Crippen LogP contribution in [-0.2, 0) is 11.3 Å². The summed E-state index contributed by atoms with van der Waals surface area (Å²) in [6, 6.07) is 3.83. The predicted octanol–water partition coefficient (Wildman–Crippen LogP) is 1.00. The van der Waals surface area contributed by atoms with Crippen LogP contribution < -0.4 is 15.4 Å². The zero-order valence-corrected chi connectivity index (χ0v) is 13.9. The van der Waals surface area contributed by atoms with Gasteiger partial charge in [-0.15, -0.1) is 0 Å². The molecular formula is C16H26N4O3. The molecule has 0 bridgehead atoms. The molecule has 1 aliphatic heterocycles. The zero-order valence-electron chi connectivity index (χ0n) is 13.9. The lowest BCUT2D eigenvalue weighted by atomic mass is 10.1. The molecule has 0 aromatic carbocycles. The van der Waals surface area contributed by atoms with E-state index in [1.54, 1.807) is 19.4 Å². The number of amides is 2. The molecule has 0 atom stereocenters. The lowest BCUT2D eigenvalue weighted by Crippen LogP contribution is -2.46. The van der Waals surface area contributed by atoms with Crippen LogP contribution in [0, 0.1) is 0 Å². The number of nitrogens with zero attached hydrogens (tertiary/aromatic N) is 2. The van der Waals surface area contributed by atoms with E-state index in [9.17, 15) is 4.79 Å². The van der Waals surface area contributed by atoms with Crippen molar-refractivity contribution in [1.29, 1.82) is 0 Å². The van der Waals surface area contributed by atoms with E-state index in [1.165, 1.54) is 0 Å². The van der Waals surface area contributed by atoms with Crippen molar-refractivity contribution in [2.24, 2.45) is 0 Å². The highest BCUT2D eigenvalue weighted by molar-refractivity contribution is 5.74. The van der Waals surface area contributed by atoms with E-state index in [-0.39, 0.29) is 12.1 Å². The summed E-state index contributed by atoms with van der Waals surface area (Å²) in [5.41, 5.74) is 0.933. The number of hydrogen-bond donors (Lipinski definition) is 2. The highest BCUT2D eigenvalue weighted by Crippen LogP contribution is 2.09. The Morgan fingerprint density at radius 1 is 1.35 bits per heavy atom. The second kappa shape index (κ2) is 9.32. The number of pyridine rings is 1. The number of methoxy groups -OCH3 is 1. The highest BCUT2D eigenvalue weighted by Gasteiger charge is 2.18. The second-order valence-electron chi connectivity index (χ2n) is 5.75. The average molecular weight is 322 g/mol. The predicted molar refractivity (Wildman–Crippen MR) is 87.5 cm³/mol. The van der Waals surface area contributed by atoms with Crippen LogP contribution in [0.3, 0.4) is 0 Å². The maximum atomic E-state index is 11.9. The van der Waals surface area contributed by atoms with Crippen LogP contribution >= 0.6 is 0 Å². The minimum absolute atomic E-state index is 0.125. The van der Waals surface area contributed by atoms with Crippen molar-refractivity contribution >= 4 is 6.03 Å². The number of aromatic nitrogens is 1. The first-order valence-electron chi connectivity index (χ1n) is 7.97. The molecule has 0 unspecified atom stereocenters. The number of carbonyl (C=O) groups is 1. The third-order valence-electron chi connectivity index (χ3n) is 3.84. The summed E-state index contributed by atoms with van der Waals surface area (Å²) in [6.45, 7) is 3.50. The molecule has 7 heteroatoms. The van der Waals surface area contributed by atoms with Crippen LogP contribution in [0.25, 0.3) is 0 Å². The monoisotopic (exact) mass is 322 g/mol. The van der Waals surface area contributed by atoms with Gasteiger partial charge < -0.3 is 25.0 Å². The third-order valence-corrected chi connectivity index (χ3v) is 3.84. The number of nitrogens with one attached hydrogen (secondary N) is 2. The number of piperidine rings is 1. The SMILES string of the molecule is COCCOc1ccc(CNC(=O)NC2CCN(C)CC2)cn1. The Labute approximate surface area is 137 Å². The van der Waals surface area contributed by atoms with Gasteiger partial charge in [0.1, 0.15) is 6.61 Å². The number of rotatable bonds is 7. The molecule has 2 rings (SSSR count). The molecule has 2 heterocycles. The van der Waals surface area contributed by atoms with E-state index in [0.29, 0.717) is 25.6 Å². The molecule has 23 heavy (non-hydrogen) atoms. The molecule has 0 radical (unpaired) electrons. The van der Waals surface area contributed by atoms with Gasteiger partial charge in [-0.3, -0.25) is 0 Å². The molecule has 1 aromatic heterocycles. The first-order valence-corrected chi connectivity index (χ1v) is 7.97. The Kier molecular flexibility index (Phi) is 7.09. The van der Waals surface area contributed by atoms with Gasteiger partial charge in [-0.1, -0.05) is 6.07 Å². The Hall–Kier alpha value is -1.86. The van der Waals surface area contributed by atoms with Crippen molar-refractivity contribution in [2.75, 3.05) is 40.5 Å². The van der Waals surface area contributed by atoms with Gasteiger partial charge in [-0.05, 0) is 38.5 Å². The molecule has 0 spiro atoms. The van der Waals surface area contributed by atoms with Crippen molar-refractivity contribution in [3.8, 4) is 5.88 Å². The molecule has 1 saturated heterocycles. The van der Waals surface area contributed by atoms with Gasteiger partial charge in [-0.25, -0.2) is 9.78 Å². The Morgan fingerprint density at radius 2 is 2.13 bits per heavy atom. The topological polar surface area (TPSA) is 75.7 Å². The maximum absolute atomic E-state index is 11.9. The molecule has 7 nitrogen and oxygen atoms in total. The standard InChI is InChI=1S/C16H26N4O3/c1-20-7-5-14(6-8-20)19-16(21)18-12-13-3-4-15(17-11-13)23-10-9-22-2/h3-4,11,14H,5-10,12H2,1-2H3,(H2,18,19,21). The quantitative estimate of drug-likeness (QED) is 0.733. The average Bonchev–Trinajstić information content (AvgIpc) is 2.56. The molecule has 1 fully saturated rings. The number of carbonyl (C=O) groups excluding carboxylic acids is 1. The lowest BCUT2D eigenvalue weighted by molar-refractivity contribution is 0.143. The van der Waals surface area contributed by atoms with Crippen LogP contribution in [-0.4, -0.2) is 62.4 Å². The van der Waals surface area contributed by atoms with Gasteiger partial charge in [0.25, 0.3) is 0 Å². The highest BCUT2D eigenvalue weighted by atomic mass is 16.5. The smallest absolute Gasteiger partial charge is 0.315 e. The molecule has 2 amide bonds. The summed E-state index contributed by atoms with van der Waals surface area (Å²) >= 11 is 0. The summed E-state index contributed by atoms with van der Waals surface area (Å²) in [7, 11) is 3.73. The Bertz CT molecular complexity index is 473. The van der Waals surface area contributed by atoms with Crippen LogP contribution in [0.2, 0.25) is 0 Å². The zero-order chi connectivity index (χ0) is 16.5. The molecule has 128 valence electrons. The molecular weight excluding hydrogens is 296 g/mol. The van der Waals surface area contributed by atoms with Crippen molar-refractivity contribution in [2.45, 2.75) is 25.4 Å². The largest absolute Gasteiger partial charge is 0.475 e. The van der Waals surface area contributed by atoms with E-state index in [2.05, 4.69) is 27.6 Å². The van der Waals surface area contributed by atoms with Crippen LogP contribution in [0.4, 0.5) is 4.79 Å². The molecule has 0 saturated carbocycles. The van der Waals surface area contributed by atoms with Crippen LogP contribution in [0.15, 0.2) is 18.3 Å². The summed E-state index contributed by atoms with van der Waals surface area (Å²) < 4.78 is 10.3. The number of urea groups is 1. The number of likely N-dealkylation sites (tertiary alicyclic amines) is 1. The number of hydrogen-bond acceptors (Lipinski definition) is 5. The van der Waals surface area contributed by atoms with Crippen molar-refractivity contribution in [3.05, 3.63) is 23.9 Å². The van der Waals surface area contributed by atoms with E-state index >= 15 is 0 Å². The van der Waals surface area contributed by atoms with Gasteiger partial charge in [0.15, 0.2) is 0 Å². The van der Waals surface area contributed by atoms with E-state index < -0.39 is 0 Å². The van der Waals surface area contributed by atoms with Crippen LogP contribution in [0.5, 0.6) is 5.88 Å². The minimum atomic E-state index is -0.125. The van der Waals surface area contributed by atoms with E-state index in [0.717, 1.165) is 31.5 Å². The van der Waals surface area contributed by atoms with Crippen molar-refractivity contribution in [1.82, 2.24) is 20.5 Å².